The maximum Gasteiger partial charge on any atom is 0.245 e. The number of piperazine rings is 1. The molecule has 3 unspecified atom stereocenters. The molecule has 0 spiro atoms. The molecule has 2 amide bonds. The first-order valence-corrected chi connectivity index (χ1v) is 7.47. The molecule has 2 aliphatic rings. The molecule has 0 aromatic carbocycles. The summed E-state index contributed by atoms with van der Waals surface area (Å²) in [5.41, 5.74) is 0. The van der Waals surface area contributed by atoms with Crippen molar-refractivity contribution in [2.75, 3.05) is 18.1 Å². The Balaban J connectivity index is 2.05. The third kappa shape index (κ3) is 2.59. The van der Waals surface area contributed by atoms with E-state index in [0.717, 1.165) is 12.3 Å². The number of hydrogen-bond donors (Lipinski definition) is 1. The highest BCUT2D eigenvalue weighted by molar-refractivity contribution is 7.99. The van der Waals surface area contributed by atoms with E-state index in [4.69, 9.17) is 0 Å². The molecule has 0 aliphatic carbocycles. The zero-order valence-electron chi connectivity index (χ0n) is 10.4. The van der Waals surface area contributed by atoms with Crippen LogP contribution < -0.4 is 5.32 Å². The molecule has 2 heterocycles. The van der Waals surface area contributed by atoms with Crippen LogP contribution in [0.25, 0.3) is 0 Å². The Morgan fingerprint density at radius 1 is 1.47 bits per heavy atom. The highest BCUT2D eigenvalue weighted by Gasteiger charge is 2.38. The Kier molecular flexibility index (Phi) is 3.97. The molecule has 3 atom stereocenters. The first-order chi connectivity index (χ1) is 8.13. The summed E-state index contributed by atoms with van der Waals surface area (Å²) in [7, 11) is 0. The number of nitrogens with zero attached hydrogens (tertiary/aromatic N) is 1. The fraction of sp³-hybridized carbons (Fsp3) is 0.833. The van der Waals surface area contributed by atoms with Gasteiger partial charge in [0.15, 0.2) is 0 Å². The quantitative estimate of drug-likeness (QED) is 0.815. The molecule has 2 rings (SSSR count). The van der Waals surface area contributed by atoms with Crippen molar-refractivity contribution in [1.29, 1.82) is 0 Å². The van der Waals surface area contributed by atoms with E-state index in [-0.39, 0.29) is 23.9 Å². The van der Waals surface area contributed by atoms with Gasteiger partial charge in [0.1, 0.15) is 12.1 Å². The molecule has 96 valence electrons. The van der Waals surface area contributed by atoms with Gasteiger partial charge in [-0.25, -0.2) is 0 Å². The first-order valence-electron chi connectivity index (χ1n) is 6.32. The molecule has 2 saturated heterocycles. The predicted octanol–water partition coefficient (Wildman–Crippen LogP) is 0.865. The van der Waals surface area contributed by atoms with Crippen LogP contribution in [0, 0.1) is 5.92 Å². The maximum atomic E-state index is 12.2. The average Bonchev–Trinajstić information content (AvgIpc) is 2.82. The second-order valence-corrected chi connectivity index (χ2v) is 6.02. The van der Waals surface area contributed by atoms with Crippen LogP contribution in [0.4, 0.5) is 0 Å². The second-order valence-electron chi connectivity index (χ2n) is 4.87. The number of rotatable bonds is 3. The second kappa shape index (κ2) is 5.29. The van der Waals surface area contributed by atoms with E-state index in [9.17, 15) is 9.59 Å². The number of amides is 2. The summed E-state index contributed by atoms with van der Waals surface area (Å²) in [5, 5.41) is 2.79. The van der Waals surface area contributed by atoms with Crippen molar-refractivity contribution in [3.8, 4) is 0 Å². The van der Waals surface area contributed by atoms with Gasteiger partial charge >= 0.3 is 0 Å². The molecule has 0 aromatic heterocycles. The van der Waals surface area contributed by atoms with Crippen molar-refractivity contribution in [3.05, 3.63) is 0 Å². The molecule has 0 saturated carbocycles. The molecule has 2 aliphatic heterocycles. The Hall–Kier alpha value is -0.710. The van der Waals surface area contributed by atoms with Crippen molar-refractivity contribution < 1.29 is 9.59 Å². The van der Waals surface area contributed by atoms with Crippen molar-refractivity contribution >= 4 is 23.6 Å². The molecule has 0 bridgehead atoms. The minimum atomic E-state index is -0.312. The first kappa shape index (κ1) is 12.7. The van der Waals surface area contributed by atoms with E-state index >= 15 is 0 Å². The minimum Gasteiger partial charge on any atom is -0.343 e. The molecule has 2 fully saturated rings. The maximum absolute atomic E-state index is 12.2. The van der Waals surface area contributed by atoms with Gasteiger partial charge in [0.2, 0.25) is 11.8 Å². The number of thioether (sulfide) groups is 1. The summed E-state index contributed by atoms with van der Waals surface area (Å²) in [6.07, 6.45) is 1.84. The number of hydrogen-bond acceptors (Lipinski definition) is 3. The Labute approximate surface area is 106 Å². The van der Waals surface area contributed by atoms with E-state index in [1.165, 1.54) is 12.2 Å². The van der Waals surface area contributed by atoms with Gasteiger partial charge in [-0.05, 0) is 37.2 Å². The lowest BCUT2D eigenvalue weighted by Gasteiger charge is -2.38. The average molecular weight is 256 g/mol. The Morgan fingerprint density at radius 2 is 2.24 bits per heavy atom. The third-order valence-electron chi connectivity index (χ3n) is 3.63. The molecule has 0 aromatic rings. The van der Waals surface area contributed by atoms with Crippen molar-refractivity contribution in [1.82, 2.24) is 10.2 Å². The lowest BCUT2D eigenvalue weighted by atomic mass is 10.0. The summed E-state index contributed by atoms with van der Waals surface area (Å²) in [6.45, 7) is 4.50. The van der Waals surface area contributed by atoms with Crippen LogP contribution in [-0.2, 0) is 9.59 Å². The fourth-order valence-electron chi connectivity index (χ4n) is 2.42. The highest BCUT2D eigenvalue weighted by atomic mass is 32.2. The number of carbonyl (C=O) groups excluding carboxylic acids is 2. The third-order valence-corrected chi connectivity index (χ3v) is 4.86. The van der Waals surface area contributed by atoms with Crippen LogP contribution >= 0.6 is 11.8 Å². The van der Waals surface area contributed by atoms with Gasteiger partial charge < -0.3 is 10.2 Å². The Morgan fingerprint density at radius 3 is 2.82 bits per heavy atom. The zero-order valence-corrected chi connectivity index (χ0v) is 11.3. The van der Waals surface area contributed by atoms with Crippen LogP contribution in [-0.4, -0.2) is 46.8 Å². The molecular formula is C12H20N2O2S. The van der Waals surface area contributed by atoms with Crippen molar-refractivity contribution in [3.63, 3.8) is 0 Å². The Bertz CT molecular complexity index is 316. The predicted molar refractivity (Wildman–Crippen MR) is 68.8 cm³/mol. The van der Waals surface area contributed by atoms with E-state index in [0.29, 0.717) is 12.3 Å². The molecule has 1 N–H and O–H groups in total. The molecular weight excluding hydrogens is 236 g/mol. The molecule has 0 radical (unpaired) electrons. The largest absolute Gasteiger partial charge is 0.343 e. The van der Waals surface area contributed by atoms with Crippen LogP contribution in [0.1, 0.15) is 26.7 Å². The van der Waals surface area contributed by atoms with Gasteiger partial charge in [-0.1, -0.05) is 6.92 Å². The van der Waals surface area contributed by atoms with Crippen molar-refractivity contribution in [2.45, 2.75) is 38.8 Å². The van der Waals surface area contributed by atoms with Gasteiger partial charge in [0, 0.05) is 6.54 Å². The SMILES string of the molecule is CCC1NC(=O)C(C)N(CC2CCSC2)C1=O. The lowest BCUT2D eigenvalue weighted by Crippen LogP contribution is -2.62. The number of nitrogens with one attached hydrogen (secondary N) is 1. The molecule has 4 nitrogen and oxygen atoms in total. The molecule has 17 heavy (non-hydrogen) atoms. The zero-order chi connectivity index (χ0) is 12.4. The smallest absolute Gasteiger partial charge is 0.245 e. The highest BCUT2D eigenvalue weighted by Crippen LogP contribution is 2.26. The number of carbonyl (C=O) groups is 2. The summed E-state index contributed by atoms with van der Waals surface area (Å²) >= 11 is 1.94. The van der Waals surface area contributed by atoms with Crippen molar-refractivity contribution in [2.24, 2.45) is 5.92 Å². The summed E-state index contributed by atoms with van der Waals surface area (Å²) in [4.78, 5) is 25.8. The van der Waals surface area contributed by atoms with Crippen LogP contribution in [0.15, 0.2) is 0 Å². The van der Waals surface area contributed by atoms with Gasteiger partial charge in [-0.15, -0.1) is 0 Å². The normalized spacial score (nSPS) is 34.0. The minimum absolute atomic E-state index is 0.0119. The standard InChI is InChI=1S/C12H20N2O2S/c1-3-10-12(16)14(8(2)11(15)13-10)6-9-4-5-17-7-9/h8-10H,3-7H2,1-2H3,(H,13,15). The van der Waals surface area contributed by atoms with E-state index in [1.807, 2.05) is 25.6 Å². The van der Waals surface area contributed by atoms with Crippen LogP contribution in [0.5, 0.6) is 0 Å². The fourth-order valence-corrected chi connectivity index (χ4v) is 3.69. The summed E-state index contributed by atoms with van der Waals surface area (Å²) in [5.74, 6) is 2.95. The van der Waals surface area contributed by atoms with Crippen LogP contribution in [0.3, 0.4) is 0 Å². The van der Waals surface area contributed by atoms with Gasteiger partial charge in [0.05, 0.1) is 0 Å². The van der Waals surface area contributed by atoms with Gasteiger partial charge in [-0.3, -0.25) is 9.59 Å². The van der Waals surface area contributed by atoms with Gasteiger partial charge in [0.25, 0.3) is 0 Å². The monoisotopic (exact) mass is 256 g/mol. The topological polar surface area (TPSA) is 49.4 Å². The van der Waals surface area contributed by atoms with E-state index < -0.39 is 0 Å². The van der Waals surface area contributed by atoms with Gasteiger partial charge in [-0.2, -0.15) is 11.8 Å². The van der Waals surface area contributed by atoms with E-state index in [1.54, 1.807) is 4.90 Å². The van der Waals surface area contributed by atoms with E-state index in [2.05, 4.69) is 5.32 Å². The van der Waals surface area contributed by atoms with Crippen LogP contribution in [0.2, 0.25) is 0 Å². The summed E-state index contributed by atoms with van der Waals surface area (Å²) < 4.78 is 0. The summed E-state index contributed by atoms with van der Waals surface area (Å²) in [6, 6.07) is -0.622. The molecule has 5 heteroatoms. The lowest BCUT2D eigenvalue weighted by molar-refractivity contribution is -0.149.